The molecule has 0 spiro atoms. The highest BCUT2D eigenvalue weighted by molar-refractivity contribution is 9.10. The van der Waals surface area contributed by atoms with E-state index in [0.29, 0.717) is 5.69 Å². The van der Waals surface area contributed by atoms with Crippen molar-refractivity contribution in [1.29, 1.82) is 0 Å². The van der Waals surface area contributed by atoms with E-state index in [-0.39, 0.29) is 0 Å². The molecule has 0 aliphatic carbocycles. The van der Waals surface area contributed by atoms with Crippen LogP contribution < -0.4 is 5.32 Å². The number of carbonyl (C=O) groups is 1. The third-order valence-electron chi connectivity index (χ3n) is 2.34. The van der Waals surface area contributed by atoms with E-state index in [1.165, 1.54) is 0 Å². The van der Waals surface area contributed by atoms with Gasteiger partial charge in [0.05, 0.1) is 0 Å². The van der Waals surface area contributed by atoms with Crippen LogP contribution in [0, 0.1) is 0 Å². The Morgan fingerprint density at radius 3 is 2.75 bits per heavy atom. The van der Waals surface area contributed by atoms with Gasteiger partial charge in [-0.2, -0.15) is 0 Å². The van der Waals surface area contributed by atoms with Crippen LogP contribution in [0.25, 0.3) is 5.69 Å². The van der Waals surface area contributed by atoms with Gasteiger partial charge in [-0.05, 0) is 54.9 Å². The molecular formula is C14H16BrN3O2. The third kappa shape index (κ3) is 4.09. The molecule has 0 unspecified atom stereocenters. The maximum atomic E-state index is 11.7. The molecule has 2 aromatic rings. The normalized spacial score (nSPS) is 11.2. The van der Waals surface area contributed by atoms with Crippen LogP contribution in [0.2, 0.25) is 0 Å². The lowest BCUT2D eigenvalue weighted by atomic mass is 10.2. The summed E-state index contributed by atoms with van der Waals surface area (Å²) in [5.41, 5.74) is 1.05. The fraction of sp³-hybridized carbons (Fsp3) is 0.286. The average Bonchev–Trinajstić information content (AvgIpc) is 2.73. The predicted octanol–water partition coefficient (Wildman–Crippen LogP) is 3.98. The maximum Gasteiger partial charge on any atom is 0.412 e. The molecule has 1 aromatic carbocycles. The minimum Gasteiger partial charge on any atom is -0.444 e. The molecule has 5 nitrogen and oxygen atoms in total. The topological polar surface area (TPSA) is 56.1 Å². The Labute approximate surface area is 126 Å². The number of imidazole rings is 1. The first-order chi connectivity index (χ1) is 9.33. The number of nitrogens with one attached hydrogen (secondary N) is 1. The van der Waals surface area contributed by atoms with E-state index in [4.69, 9.17) is 4.74 Å². The van der Waals surface area contributed by atoms with Crippen molar-refractivity contribution in [1.82, 2.24) is 9.55 Å². The zero-order chi connectivity index (χ0) is 14.8. The van der Waals surface area contributed by atoms with Crippen molar-refractivity contribution in [2.45, 2.75) is 26.4 Å². The zero-order valence-electron chi connectivity index (χ0n) is 11.6. The van der Waals surface area contributed by atoms with Crippen LogP contribution in [-0.2, 0) is 4.74 Å². The minimum absolute atomic E-state index is 0.471. The second-order valence-corrected chi connectivity index (χ2v) is 6.09. The Balaban J connectivity index is 2.12. The summed E-state index contributed by atoms with van der Waals surface area (Å²) in [5.74, 6) is 0. The molecule has 1 N–H and O–H groups in total. The van der Waals surface area contributed by atoms with E-state index in [9.17, 15) is 4.79 Å². The van der Waals surface area contributed by atoms with Gasteiger partial charge in [0.2, 0.25) is 0 Å². The minimum atomic E-state index is -0.517. The molecule has 6 heteroatoms. The summed E-state index contributed by atoms with van der Waals surface area (Å²) in [6.45, 7) is 5.48. The molecule has 0 atom stereocenters. The van der Waals surface area contributed by atoms with Crippen molar-refractivity contribution < 1.29 is 9.53 Å². The van der Waals surface area contributed by atoms with Crippen molar-refractivity contribution in [3.63, 3.8) is 0 Å². The average molecular weight is 338 g/mol. The number of carbonyl (C=O) groups excluding carboxylic acids is 1. The molecule has 0 fully saturated rings. The van der Waals surface area contributed by atoms with Gasteiger partial charge >= 0.3 is 6.09 Å². The molecule has 0 radical (unpaired) electrons. The number of benzene rings is 1. The first kappa shape index (κ1) is 14.6. The highest BCUT2D eigenvalue weighted by atomic mass is 79.9. The number of aromatic nitrogens is 2. The zero-order valence-corrected chi connectivity index (χ0v) is 13.1. The summed E-state index contributed by atoms with van der Waals surface area (Å²) >= 11 is 3.30. The lowest BCUT2D eigenvalue weighted by Gasteiger charge is -2.19. The first-order valence-electron chi connectivity index (χ1n) is 6.13. The Hall–Kier alpha value is -1.82. The number of amides is 1. The Kier molecular flexibility index (Phi) is 4.13. The first-order valence-corrected chi connectivity index (χ1v) is 6.93. The number of rotatable bonds is 2. The number of hydrogen-bond donors (Lipinski definition) is 1. The van der Waals surface area contributed by atoms with Gasteiger partial charge in [0.25, 0.3) is 0 Å². The Bertz CT molecular complexity index is 617. The van der Waals surface area contributed by atoms with Crippen molar-refractivity contribution in [3.8, 4) is 5.69 Å². The predicted molar refractivity (Wildman–Crippen MR) is 81.1 cm³/mol. The highest BCUT2D eigenvalue weighted by Gasteiger charge is 2.16. The standard InChI is InChI=1S/C14H16BrN3O2/c1-14(2,3)20-13(19)17-10-5-4-6-11(7-10)18-8-12(15)16-9-18/h4-9H,1-3H3,(H,17,19). The van der Waals surface area contributed by atoms with E-state index < -0.39 is 11.7 Å². The van der Waals surface area contributed by atoms with Crippen LogP contribution in [0.3, 0.4) is 0 Å². The second-order valence-electron chi connectivity index (χ2n) is 5.28. The molecule has 0 bridgehead atoms. The summed E-state index contributed by atoms with van der Waals surface area (Å²) < 4.78 is 7.82. The smallest absolute Gasteiger partial charge is 0.412 e. The lowest BCUT2D eigenvalue weighted by molar-refractivity contribution is 0.0636. The van der Waals surface area contributed by atoms with Gasteiger partial charge in [-0.1, -0.05) is 6.07 Å². The van der Waals surface area contributed by atoms with Crippen LogP contribution >= 0.6 is 15.9 Å². The van der Waals surface area contributed by atoms with E-state index in [0.717, 1.165) is 10.3 Å². The van der Waals surface area contributed by atoms with Crippen molar-refractivity contribution >= 4 is 27.7 Å². The summed E-state index contributed by atoms with van der Waals surface area (Å²) in [6, 6.07) is 7.43. The monoisotopic (exact) mass is 337 g/mol. The summed E-state index contributed by atoms with van der Waals surface area (Å²) in [6.07, 6.45) is 3.06. The maximum absolute atomic E-state index is 11.7. The Morgan fingerprint density at radius 2 is 2.15 bits per heavy atom. The molecule has 0 saturated carbocycles. The molecule has 0 aliphatic heterocycles. The molecular weight excluding hydrogens is 322 g/mol. The third-order valence-corrected chi connectivity index (χ3v) is 2.75. The van der Waals surface area contributed by atoms with E-state index in [1.54, 1.807) is 12.4 Å². The van der Waals surface area contributed by atoms with Crippen molar-refractivity contribution in [2.24, 2.45) is 0 Å². The summed E-state index contributed by atoms with van der Waals surface area (Å²) in [4.78, 5) is 15.8. The van der Waals surface area contributed by atoms with Gasteiger partial charge in [0, 0.05) is 17.6 Å². The number of nitrogens with zero attached hydrogens (tertiary/aromatic N) is 2. The van der Waals surface area contributed by atoms with Gasteiger partial charge < -0.3 is 9.30 Å². The number of anilines is 1. The van der Waals surface area contributed by atoms with Gasteiger partial charge in [-0.25, -0.2) is 9.78 Å². The number of halogens is 1. The van der Waals surface area contributed by atoms with Crippen LogP contribution in [0.1, 0.15) is 20.8 Å². The van der Waals surface area contributed by atoms with Gasteiger partial charge in [0.15, 0.2) is 0 Å². The molecule has 1 amide bonds. The SMILES string of the molecule is CC(C)(C)OC(=O)Nc1cccc(-n2cnc(Br)c2)c1. The van der Waals surface area contributed by atoms with Crippen LogP contribution in [-0.4, -0.2) is 21.2 Å². The number of hydrogen-bond acceptors (Lipinski definition) is 3. The van der Waals surface area contributed by atoms with E-state index in [2.05, 4.69) is 26.2 Å². The van der Waals surface area contributed by atoms with E-state index >= 15 is 0 Å². The number of ether oxygens (including phenoxy) is 1. The molecule has 20 heavy (non-hydrogen) atoms. The molecule has 1 aromatic heterocycles. The van der Waals surface area contributed by atoms with Gasteiger partial charge in [0.1, 0.15) is 16.5 Å². The molecule has 1 heterocycles. The second kappa shape index (κ2) is 5.66. The summed E-state index contributed by atoms with van der Waals surface area (Å²) in [5, 5.41) is 2.71. The fourth-order valence-corrected chi connectivity index (χ4v) is 1.92. The van der Waals surface area contributed by atoms with E-state index in [1.807, 2.05) is 49.7 Å². The molecule has 0 saturated heterocycles. The van der Waals surface area contributed by atoms with Crippen LogP contribution in [0.15, 0.2) is 41.4 Å². The van der Waals surface area contributed by atoms with Crippen LogP contribution in [0.5, 0.6) is 0 Å². The summed E-state index contributed by atoms with van der Waals surface area (Å²) in [7, 11) is 0. The molecule has 106 valence electrons. The van der Waals surface area contributed by atoms with Gasteiger partial charge in [-0.3, -0.25) is 5.32 Å². The van der Waals surface area contributed by atoms with Crippen LogP contribution in [0.4, 0.5) is 10.5 Å². The lowest BCUT2D eigenvalue weighted by Crippen LogP contribution is -2.27. The largest absolute Gasteiger partial charge is 0.444 e. The highest BCUT2D eigenvalue weighted by Crippen LogP contribution is 2.17. The molecule has 2 rings (SSSR count). The van der Waals surface area contributed by atoms with Crippen molar-refractivity contribution in [2.75, 3.05) is 5.32 Å². The van der Waals surface area contributed by atoms with Crippen molar-refractivity contribution in [3.05, 3.63) is 41.4 Å². The van der Waals surface area contributed by atoms with Gasteiger partial charge in [-0.15, -0.1) is 0 Å². The quantitative estimate of drug-likeness (QED) is 0.901. The fourth-order valence-electron chi connectivity index (χ4n) is 1.61. The Morgan fingerprint density at radius 1 is 1.40 bits per heavy atom. The molecule has 0 aliphatic rings.